The molecule has 148 valence electrons. The van der Waals surface area contributed by atoms with Crippen molar-refractivity contribution in [1.29, 1.82) is 0 Å². The van der Waals surface area contributed by atoms with E-state index in [1.807, 2.05) is 0 Å². The minimum absolute atomic E-state index is 0.0488. The fourth-order valence-corrected chi connectivity index (χ4v) is 2.25. The Labute approximate surface area is 159 Å². The van der Waals surface area contributed by atoms with Crippen LogP contribution < -0.4 is 10.1 Å². The van der Waals surface area contributed by atoms with Crippen molar-refractivity contribution in [3.8, 4) is 5.75 Å². The minimum Gasteiger partial charge on any atom is -0.496 e. The number of halogens is 3. The number of para-hydroxylation sites is 1. The summed E-state index contributed by atoms with van der Waals surface area (Å²) in [7, 11) is 1.49. The Balaban J connectivity index is 1.97. The molecule has 1 amide bonds. The minimum atomic E-state index is -4.53. The number of nitrogens with one attached hydrogen (secondary N) is 1. The average molecular weight is 393 g/mol. The zero-order chi connectivity index (χ0) is 20.7. The predicted octanol–water partition coefficient (Wildman–Crippen LogP) is 4.30. The topological polar surface area (TPSA) is 64.6 Å². The highest BCUT2D eigenvalue weighted by atomic mass is 19.4. The van der Waals surface area contributed by atoms with Gasteiger partial charge in [0, 0.05) is 17.3 Å². The molecule has 0 aromatic heterocycles. The molecule has 0 aliphatic rings. The number of hydrogen-bond donors (Lipinski definition) is 1. The summed E-state index contributed by atoms with van der Waals surface area (Å²) in [4.78, 5) is 24.0. The van der Waals surface area contributed by atoms with Gasteiger partial charge >= 0.3 is 12.1 Å². The van der Waals surface area contributed by atoms with Crippen LogP contribution >= 0.6 is 0 Å². The van der Waals surface area contributed by atoms with Gasteiger partial charge in [-0.05, 0) is 37.3 Å². The maximum atomic E-state index is 12.7. The van der Waals surface area contributed by atoms with Gasteiger partial charge in [0.25, 0.3) is 5.91 Å². The summed E-state index contributed by atoms with van der Waals surface area (Å²) < 4.78 is 48.3. The second kappa shape index (κ2) is 9.07. The van der Waals surface area contributed by atoms with Crippen LogP contribution in [0, 0.1) is 0 Å². The zero-order valence-electron chi connectivity index (χ0n) is 15.1. The highest BCUT2D eigenvalue weighted by molar-refractivity contribution is 5.96. The van der Waals surface area contributed by atoms with Crippen LogP contribution in [-0.2, 0) is 20.5 Å². The Morgan fingerprint density at radius 2 is 1.82 bits per heavy atom. The highest BCUT2D eigenvalue weighted by Gasteiger charge is 2.30. The number of benzene rings is 2. The number of methoxy groups -OCH3 is 1. The van der Waals surface area contributed by atoms with Crippen molar-refractivity contribution in [1.82, 2.24) is 0 Å². The average Bonchev–Trinajstić information content (AvgIpc) is 2.66. The molecule has 5 nitrogen and oxygen atoms in total. The summed E-state index contributed by atoms with van der Waals surface area (Å²) in [6.07, 6.45) is -3.13. The van der Waals surface area contributed by atoms with Crippen molar-refractivity contribution in [3.63, 3.8) is 0 Å². The van der Waals surface area contributed by atoms with E-state index in [2.05, 4.69) is 5.32 Å². The third kappa shape index (κ3) is 5.87. The summed E-state index contributed by atoms with van der Waals surface area (Å²) in [6, 6.07) is 11.2. The lowest BCUT2D eigenvalue weighted by molar-refractivity contribution is -0.148. The molecule has 2 aromatic rings. The number of anilines is 1. The van der Waals surface area contributed by atoms with E-state index in [0.717, 1.165) is 18.2 Å². The molecular formula is C20H18F3NO4. The van der Waals surface area contributed by atoms with Crippen LogP contribution in [0.2, 0.25) is 0 Å². The number of amides is 1. The second-order valence-corrected chi connectivity index (χ2v) is 5.72. The summed E-state index contributed by atoms with van der Waals surface area (Å²) in [5.74, 6) is -0.974. The van der Waals surface area contributed by atoms with Crippen molar-refractivity contribution in [2.75, 3.05) is 12.4 Å². The number of hydrogen-bond acceptors (Lipinski definition) is 4. The van der Waals surface area contributed by atoms with E-state index in [1.54, 1.807) is 24.3 Å². The first-order chi connectivity index (χ1) is 13.2. The van der Waals surface area contributed by atoms with E-state index in [9.17, 15) is 22.8 Å². The van der Waals surface area contributed by atoms with Crippen molar-refractivity contribution in [2.45, 2.75) is 19.2 Å². The number of carbonyl (C=O) groups excluding carboxylic acids is 2. The molecule has 1 atom stereocenters. The van der Waals surface area contributed by atoms with Crippen molar-refractivity contribution in [3.05, 3.63) is 65.7 Å². The molecule has 0 heterocycles. The number of carbonyl (C=O) groups is 2. The van der Waals surface area contributed by atoms with Gasteiger partial charge in [0.1, 0.15) is 5.75 Å². The quantitative estimate of drug-likeness (QED) is 0.587. The van der Waals surface area contributed by atoms with Gasteiger partial charge in [0.2, 0.25) is 0 Å². The molecule has 0 spiro atoms. The summed E-state index contributed by atoms with van der Waals surface area (Å²) in [5.41, 5.74) is -0.301. The fraction of sp³-hybridized carbons (Fsp3) is 0.200. The van der Waals surface area contributed by atoms with Gasteiger partial charge in [-0.15, -0.1) is 0 Å². The Bertz CT molecular complexity index is 878. The molecule has 0 radical (unpaired) electrons. The van der Waals surface area contributed by atoms with Gasteiger partial charge in [0.15, 0.2) is 6.10 Å². The van der Waals surface area contributed by atoms with E-state index in [0.29, 0.717) is 11.3 Å². The summed E-state index contributed by atoms with van der Waals surface area (Å²) in [6.45, 7) is 1.32. The molecule has 0 saturated heterocycles. The number of rotatable bonds is 6. The third-order valence-corrected chi connectivity index (χ3v) is 3.66. The maximum absolute atomic E-state index is 12.7. The highest BCUT2D eigenvalue weighted by Crippen LogP contribution is 2.30. The van der Waals surface area contributed by atoms with Gasteiger partial charge in [-0.3, -0.25) is 4.79 Å². The first-order valence-corrected chi connectivity index (χ1v) is 8.20. The zero-order valence-corrected chi connectivity index (χ0v) is 15.1. The Morgan fingerprint density at radius 3 is 2.50 bits per heavy atom. The van der Waals surface area contributed by atoms with Crippen LogP contribution in [0.25, 0.3) is 6.08 Å². The molecule has 28 heavy (non-hydrogen) atoms. The third-order valence-electron chi connectivity index (χ3n) is 3.66. The summed E-state index contributed by atoms with van der Waals surface area (Å²) >= 11 is 0. The van der Waals surface area contributed by atoms with E-state index in [1.165, 1.54) is 32.2 Å². The number of esters is 1. The van der Waals surface area contributed by atoms with Gasteiger partial charge in [0.05, 0.1) is 12.7 Å². The molecule has 0 unspecified atom stereocenters. The molecule has 8 heteroatoms. The molecular weight excluding hydrogens is 375 g/mol. The Morgan fingerprint density at radius 1 is 1.11 bits per heavy atom. The van der Waals surface area contributed by atoms with Gasteiger partial charge in [-0.2, -0.15) is 13.2 Å². The second-order valence-electron chi connectivity index (χ2n) is 5.72. The maximum Gasteiger partial charge on any atom is 0.416 e. The standard InChI is InChI=1S/C20H18F3NO4/c1-13(19(26)24-16-8-5-7-15(12-16)20(21,22)23)28-18(25)11-10-14-6-3-4-9-17(14)27-2/h3-13H,1-2H3,(H,24,26)/b11-10+/t13-/m0/s1. The van der Waals surface area contributed by atoms with Crippen LogP contribution in [0.3, 0.4) is 0 Å². The van der Waals surface area contributed by atoms with Crippen LogP contribution in [-0.4, -0.2) is 25.1 Å². The monoisotopic (exact) mass is 393 g/mol. The molecule has 0 fully saturated rings. The lowest BCUT2D eigenvalue weighted by Gasteiger charge is -2.14. The number of ether oxygens (including phenoxy) is 2. The van der Waals surface area contributed by atoms with Crippen LogP contribution in [0.5, 0.6) is 5.75 Å². The van der Waals surface area contributed by atoms with Gasteiger partial charge in [-0.25, -0.2) is 4.79 Å². The van der Waals surface area contributed by atoms with Crippen molar-refractivity contribution < 1.29 is 32.2 Å². The van der Waals surface area contributed by atoms with Crippen LogP contribution in [0.4, 0.5) is 18.9 Å². The summed E-state index contributed by atoms with van der Waals surface area (Å²) in [5, 5.41) is 2.29. The lowest BCUT2D eigenvalue weighted by atomic mass is 10.2. The fourth-order valence-electron chi connectivity index (χ4n) is 2.25. The van der Waals surface area contributed by atoms with Crippen LogP contribution in [0.1, 0.15) is 18.1 Å². The van der Waals surface area contributed by atoms with Crippen LogP contribution in [0.15, 0.2) is 54.6 Å². The molecule has 2 aromatic carbocycles. The normalized spacial score (nSPS) is 12.5. The predicted molar refractivity (Wildman–Crippen MR) is 97.7 cm³/mol. The lowest BCUT2D eigenvalue weighted by Crippen LogP contribution is -2.29. The van der Waals surface area contributed by atoms with E-state index in [-0.39, 0.29) is 5.69 Å². The van der Waals surface area contributed by atoms with Crippen molar-refractivity contribution in [2.24, 2.45) is 0 Å². The van der Waals surface area contributed by atoms with E-state index in [4.69, 9.17) is 9.47 Å². The molecule has 0 aliphatic carbocycles. The molecule has 1 N–H and O–H groups in total. The largest absolute Gasteiger partial charge is 0.496 e. The van der Waals surface area contributed by atoms with Gasteiger partial charge < -0.3 is 14.8 Å². The molecule has 2 rings (SSSR count). The first kappa shape index (κ1) is 21.0. The smallest absolute Gasteiger partial charge is 0.416 e. The molecule has 0 saturated carbocycles. The van der Waals surface area contributed by atoms with E-state index < -0.39 is 29.7 Å². The Kier molecular flexibility index (Phi) is 6.81. The number of alkyl halides is 3. The Hall–Kier alpha value is -3.29. The van der Waals surface area contributed by atoms with E-state index >= 15 is 0 Å². The van der Waals surface area contributed by atoms with Gasteiger partial charge in [-0.1, -0.05) is 24.3 Å². The molecule has 0 aliphatic heterocycles. The first-order valence-electron chi connectivity index (χ1n) is 8.20. The SMILES string of the molecule is COc1ccccc1/C=C/C(=O)O[C@@H](C)C(=O)Nc1cccc(C(F)(F)F)c1. The molecule has 0 bridgehead atoms. The van der Waals surface area contributed by atoms with Crippen molar-refractivity contribution >= 4 is 23.6 Å².